The monoisotopic (exact) mass is 228 g/mol. The van der Waals surface area contributed by atoms with Gasteiger partial charge in [-0.1, -0.05) is 18.2 Å². The van der Waals surface area contributed by atoms with Crippen molar-refractivity contribution in [1.82, 2.24) is 0 Å². The van der Waals surface area contributed by atoms with Gasteiger partial charge in [0.05, 0.1) is 12.4 Å². The summed E-state index contributed by atoms with van der Waals surface area (Å²) in [4.78, 5) is 0. The smallest absolute Gasteiger partial charge is 0.106 e. The van der Waals surface area contributed by atoms with E-state index in [1.54, 1.807) is 6.26 Å². The normalized spacial score (nSPS) is 15.8. The van der Waals surface area contributed by atoms with Gasteiger partial charge in [0.2, 0.25) is 0 Å². The molecule has 0 amide bonds. The van der Waals surface area contributed by atoms with Gasteiger partial charge in [0.15, 0.2) is 0 Å². The molecule has 1 unspecified atom stereocenters. The quantitative estimate of drug-likeness (QED) is 0.876. The number of rotatable bonds is 3. The molecule has 0 saturated carbocycles. The Balaban J connectivity index is 1.79. The molecule has 1 aliphatic rings. The Morgan fingerprint density at radius 2 is 2.06 bits per heavy atom. The molecule has 1 aromatic heterocycles. The van der Waals surface area contributed by atoms with Crippen LogP contribution >= 0.6 is 0 Å². The summed E-state index contributed by atoms with van der Waals surface area (Å²) in [5, 5.41) is 10.2. The van der Waals surface area contributed by atoms with Crippen molar-refractivity contribution in [2.45, 2.75) is 31.8 Å². The van der Waals surface area contributed by atoms with E-state index in [1.165, 1.54) is 24.0 Å². The lowest BCUT2D eigenvalue weighted by Gasteiger charge is -2.11. The molecular weight excluding hydrogens is 212 g/mol. The SMILES string of the molecule is OC(Cc1ccco1)c1ccc2c(c1)CCC2. The highest BCUT2D eigenvalue weighted by molar-refractivity contribution is 5.36. The molecule has 0 aliphatic heterocycles. The summed E-state index contributed by atoms with van der Waals surface area (Å²) in [5.74, 6) is 0.831. The van der Waals surface area contributed by atoms with E-state index in [4.69, 9.17) is 4.42 Å². The molecule has 0 radical (unpaired) electrons. The van der Waals surface area contributed by atoms with E-state index >= 15 is 0 Å². The van der Waals surface area contributed by atoms with Crippen molar-refractivity contribution < 1.29 is 9.52 Å². The standard InChI is InChI=1S/C15H16O2/c16-15(10-14-5-2-8-17-14)13-7-6-11-3-1-4-12(11)9-13/h2,5-9,15-16H,1,3-4,10H2. The number of aliphatic hydroxyl groups excluding tert-OH is 1. The first-order chi connectivity index (χ1) is 8.33. The molecule has 1 N–H and O–H groups in total. The average molecular weight is 228 g/mol. The zero-order chi connectivity index (χ0) is 11.7. The van der Waals surface area contributed by atoms with Crippen LogP contribution in [-0.4, -0.2) is 5.11 Å². The summed E-state index contributed by atoms with van der Waals surface area (Å²) in [6.45, 7) is 0. The van der Waals surface area contributed by atoms with Crippen LogP contribution in [0, 0.1) is 0 Å². The zero-order valence-corrected chi connectivity index (χ0v) is 9.73. The van der Waals surface area contributed by atoms with Gasteiger partial charge in [0, 0.05) is 6.42 Å². The highest BCUT2D eigenvalue weighted by Gasteiger charge is 2.15. The Morgan fingerprint density at radius 1 is 1.18 bits per heavy atom. The molecule has 2 nitrogen and oxygen atoms in total. The van der Waals surface area contributed by atoms with Crippen LogP contribution in [0.3, 0.4) is 0 Å². The van der Waals surface area contributed by atoms with E-state index < -0.39 is 6.10 Å². The first kappa shape index (κ1) is 10.6. The lowest BCUT2D eigenvalue weighted by Crippen LogP contribution is -2.02. The van der Waals surface area contributed by atoms with Crippen LogP contribution < -0.4 is 0 Å². The molecule has 1 heterocycles. The van der Waals surface area contributed by atoms with Gasteiger partial charge in [-0.15, -0.1) is 0 Å². The summed E-state index contributed by atoms with van der Waals surface area (Å²) in [6, 6.07) is 10.1. The fraction of sp³-hybridized carbons (Fsp3) is 0.333. The maximum atomic E-state index is 10.2. The Hall–Kier alpha value is -1.54. The van der Waals surface area contributed by atoms with Crippen molar-refractivity contribution in [3.63, 3.8) is 0 Å². The number of fused-ring (bicyclic) bond motifs is 1. The Morgan fingerprint density at radius 3 is 2.88 bits per heavy atom. The Kier molecular flexibility index (Phi) is 2.73. The topological polar surface area (TPSA) is 33.4 Å². The van der Waals surface area contributed by atoms with E-state index in [1.807, 2.05) is 18.2 Å². The van der Waals surface area contributed by atoms with Gasteiger partial charge < -0.3 is 9.52 Å². The van der Waals surface area contributed by atoms with Gasteiger partial charge in [0.25, 0.3) is 0 Å². The number of hydrogen-bond acceptors (Lipinski definition) is 2. The molecular formula is C15H16O2. The number of aliphatic hydroxyl groups is 1. The minimum absolute atomic E-state index is 0.466. The van der Waals surface area contributed by atoms with Crippen LogP contribution in [0.5, 0.6) is 0 Å². The minimum atomic E-state index is -0.466. The summed E-state index contributed by atoms with van der Waals surface area (Å²) in [6.07, 6.45) is 5.30. The van der Waals surface area contributed by atoms with E-state index in [9.17, 15) is 5.11 Å². The predicted octanol–water partition coefficient (Wildman–Crippen LogP) is 3.04. The second kappa shape index (κ2) is 4.38. The molecule has 88 valence electrons. The van der Waals surface area contributed by atoms with Crippen molar-refractivity contribution >= 4 is 0 Å². The second-order valence-corrected chi connectivity index (χ2v) is 4.68. The van der Waals surface area contributed by atoms with E-state index in [0.717, 1.165) is 17.7 Å². The molecule has 2 heteroatoms. The fourth-order valence-electron chi connectivity index (χ4n) is 2.54. The highest BCUT2D eigenvalue weighted by atomic mass is 16.3. The fourth-order valence-corrected chi connectivity index (χ4v) is 2.54. The molecule has 0 fully saturated rings. The zero-order valence-electron chi connectivity index (χ0n) is 9.73. The van der Waals surface area contributed by atoms with Crippen LogP contribution in [0.2, 0.25) is 0 Å². The summed E-state index contributed by atoms with van der Waals surface area (Å²) in [5.41, 5.74) is 3.85. The third kappa shape index (κ3) is 2.13. The third-order valence-electron chi connectivity index (χ3n) is 3.48. The molecule has 17 heavy (non-hydrogen) atoms. The number of aryl methyl sites for hydroxylation is 2. The largest absolute Gasteiger partial charge is 0.469 e. The van der Waals surface area contributed by atoms with E-state index in [2.05, 4.69) is 12.1 Å². The van der Waals surface area contributed by atoms with Gasteiger partial charge in [-0.3, -0.25) is 0 Å². The van der Waals surface area contributed by atoms with Crippen LogP contribution in [0.15, 0.2) is 41.0 Å². The van der Waals surface area contributed by atoms with Crippen LogP contribution in [0.25, 0.3) is 0 Å². The molecule has 0 spiro atoms. The van der Waals surface area contributed by atoms with Crippen molar-refractivity contribution in [2.24, 2.45) is 0 Å². The van der Waals surface area contributed by atoms with Crippen LogP contribution in [0.1, 0.15) is 35.0 Å². The van der Waals surface area contributed by atoms with Crippen LogP contribution in [0.4, 0.5) is 0 Å². The van der Waals surface area contributed by atoms with Gasteiger partial charge in [-0.05, 0) is 48.1 Å². The minimum Gasteiger partial charge on any atom is -0.469 e. The molecule has 2 aromatic rings. The highest BCUT2D eigenvalue weighted by Crippen LogP contribution is 2.26. The van der Waals surface area contributed by atoms with Crippen molar-refractivity contribution in [1.29, 1.82) is 0 Å². The Labute approximate surface area is 101 Å². The van der Waals surface area contributed by atoms with Gasteiger partial charge >= 0.3 is 0 Å². The van der Waals surface area contributed by atoms with E-state index in [0.29, 0.717) is 6.42 Å². The summed E-state index contributed by atoms with van der Waals surface area (Å²) < 4.78 is 5.26. The maximum absolute atomic E-state index is 10.2. The van der Waals surface area contributed by atoms with Crippen LogP contribution in [-0.2, 0) is 19.3 Å². The number of furan rings is 1. The molecule has 0 saturated heterocycles. The molecule has 1 atom stereocenters. The lowest BCUT2D eigenvalue weighted by atomic mass is 10.0. The van der Waals surface area contributed by atoms with E-state index in [-0.39, 0.29) is 0 Å². The molecule has 1 aliphatic carbocycles. The molecule has 3 rings (SSSR count). The predicted molar refractivity (Wildman–Crippen MR) is 65.8 cm³/mol. The summed E-state index contributed by atoms with van der Waals surface area (Å²) in [7, 11) is 0. The average Bonchev–Trinajstić information content (AvgIpc) is 2.97. The van der Waals surface area contributed by atoms with Gasteiger partial charge in [-0.25, -0.2) is 0 Å². The number of hydrogen-bond donors (Lipinski definition) is 1. The molecule has 1 aromatic carbocycles. The Bertz CT molecular complexity index is 500. The van der Waals surface area contributed by atoms with Gasteiger partial charge in [0.1, 0.15) is 5.76 Å². The van der Waals surface area contributed by atoms with Crippen molar-refractivity contribution in [3.8, 4) is 0 Å². The third-order valence-corrected chi connectivity index (χ3v) is 3.48. The first-order valence-corrected chi connectivity index (χ1v) is 6.15. The lowest BCUT2D eigenvalue weighted by molar-refractivity contribution is 0.170. The second-order valence-electron chi connectivity index (χ2n) is 4.68. The maximum Gasteiger partial charge on any atom is 0.106 e. The van der Waals surface area contributed by atoms with Gasteiger partial charge in [-0.2, -0.15) is 0 Å². The van der Waals surface area contributed by atoms with Crippen molar-refractivity contribution in [3.05, 3.63) is 59.0 Å². The summed E-state index contributed by atoms with van der Waals surface area (Å²) >= 11 is 0. The van der Waals surface area contributed by atoms with Crippen molar-refractivity contribution in [2.75, 3.05) is 0 Å². The number of benzene rings is 1. The first-order valence-electron chi connectivity index (χ1n) is 6.15. The molecule has 0 bridgehead atoms.